The van der Waals surface area contributed by atoms with Gasteiger partial charge in [-0.25, -0.2) is 8.78 Å². The molecule has 0 bridgehead atoms. The van der Waals surface area contributed by atoms with Gasteiger partial charge in [0.2, 0.25) is 0 Å². The number of rotatable bonds is 2. The number of halogens is 2. The largest absolute Gasteiger partial charge is 0.394 e. The van der Waals surface area contributed by atoms with Crippen molar-refractivity contribution in [2.45, 2.75) is 13.0 Å². The van der Waals surface area contributed by atoms with Crippen molar-refractivity contribution in [2.24, 2.45) is 5.73 Å². The number of hydrogen-bond acceptors (Lipinski definition) is 2. The molecular formula is C9H11F2NO. The molecule has 0 fully saturated rings. The van der Waals surface area contributed by atoms with Crippen LogP contribution < -0.4 is 5.73 Å². The Labute approximate surface area is 75.0 Å². The normalized spacial score (nSPS) is 13.0. The molecular weight excluding hydrogens is 176 g/mol. The maximum absolute atomic E-state index is 13.1. The highest BCUT2D eigenvalue weighted by Crippen LogP contribution is 2.18. The van der Waals surface area contributed by atoms with Crippen LogP contribution in [-0.4, -0.2) is 11.7 Å². The van der Waals surface area contributed by atoms with E-state index in [0.29, 0.717) is 0 Å². The number of nitrogens with two attached hydrogens (primary N) is 1. The molecule has 0 radical (unpaired) electrons. The SMILES string of the molecule is Cc1cc(F)c(C(N)CO)cc1F. The van der Waals surface area contributed by atoms with Crippen LogP contribution in [0.25, 0.3) is 0 Å². The van der Waals surface area contributed by atoms with Crippen molar-refractivity contribution in [3.05, 3.63) is 34.9 Å². The Balaban J connectivity index is 3.15. The van der Waals surface area contributed by atoms with E-state index < -0.39 is 24.3 Å². The predicted molar refractivity (Wildman–Crippen MR) is 45.1 cm³/mol. The van der Waals surface area contributed by atoms with E-state index in [2.05, 4.69) is 0 Å². The van der Waals surface area contributed by atoms with E-state index in [1.165, 1.54) is 6.92 Å². The van der Waals surface area contributed by atoms with Gasteiger partial charge in [0.1, 0.15) is 11.6 Å². The van der Waals surface area contributed by atoms with Crippen molar-refractivity contribution in [1.82, 2.24) is 0 Å². The van der Waals surface area contributed by atoms with Crippen LogP contribution in [0, 0.1) is 18.6 Å². The Morgan fingerprint density at radius 1 is 1.38 bits per heavy atom. The standard InChI is InChI=1S/C9H11F2NO/c1-5-2-8(11)6(3-7(5)10)9(12)4-13/h2-3,9,13H,4,12H2,1H3. The van der Waals surface area contributed by atoms with Gasteiger partial charge in [-0.1, -0.05) is 0 Å². The van der Waals surface area contributed by atoms with Crippen LogP contribution in [0.15, 0.2) is 12.1 Å². The minimum absolute atomic E-state index is 0.00519. The molecule has 0 heterocycles. The fourth-order valence-corrected chi connectivity index (χ4v) is 1.04. The van der Waals surface area contributed by atoms with E-state index in [1.54, 1.807) is 0 Å². The van der Waals surface area contributed by atoms with Crippen molar-refractivity contribution in [3.8, 4) is 0 Å². The smallest absolute Gasteiger partial charge is 0.128 e. The molecule has 2 nitrogen and oxygen atoms in total. The molecule has 1 aromatic carbocycles. The lowest BCUT2D eigenvalue weighted by molar-refractivity contribution is 0.265. The van der Waals surface area contributed by atoms with Crippen LogP contribution in [-0.2, 0) is 0 Å². The summed E-state index contributed by atoms with van der Waals surface area (Å²) in [5.41, 5.74) is 5.59. The van der Waals surface area contributed by atoms with Crippen LogP contribution in [0.2, 0.25) is 0 Å². The van der Waals surface area contributed by atoms with E-state index in [9.17, 15) is 8.78 Å². The van der Waals surface area contributed by atoms with Gasteiger partial charge in [-0.05, 0) is 24.6 Å². The van der Waals surface area contributed by atoms with Gasteiger partial charge in [0.05, 0.1) is 12.6 Å². The summed E-state index contributed by atoms with van der Waals surface area (Å²) in [4.78, 5) is 0. The fourth-order valence-electron chi connectivity index (χ4n) is 1.04. The molecule has 0 spiro atoms. The van der Waals surface area contributed by atoms with Gasteiger partial charge in [0.15, 0.2) is 0 Å². The zero-order valence-electron chi connectivity index (χ0n) is 7.22. The lowest BCUT2D eigenvalue weighted by atomic mass is 10.1. The summed E-state index contributed by atoms with van der Waals surface area (Å²) < 4.78 is 26.1. The van der Waals surface area contributed by atoms with Crippen LogP contribution in [0.5, 0.6) is 0 Å². The van der Waals surface area contributed by atoms with Crippen molar-refractivity contribution in [2.75, 3.05) is 6.61 Å². The lowest BCUT2D eigenvalue weighted by Crippen LogP contribution is -2.16. The zero-order valence-corrected chi connectivity index (χ0v) is 7.22. The monoisotopic (exact) mass is 187 g/mol. The first-order chi connectivity index (χ1) is 6.06. The molecule has 4 heteroatoms. The van der Waals surface area contributed by atoms with Gasteiger partial charge in [-0.15, -0.1) is 0 Å². The predicted octanol–water partition coefficient (Wildman–Crippen LogP) is 1.27. The molecule has 13 heavy (non-hydrogen) atoms. The van der Waals surface area contributed by atoms with Crippen molar-refractivity contribution in [1.29, 1.82) is 0 Å². The fraction of sp³-hybridized carbons (Fsp3) is 0.333. The van der Waals surface area contributed by atoms with Gasteiger partial charge in [0.25, 0.3) is 0 Å². The van der Waals surface area contributed by atoms with E-state index in [4.69, 9.17) is 10.8 Å². The average molecular weight is 187 g/mol. The molecule has 1 unspecified atom stereocenters. The maximum atomic E-state index is 13.1. The third-order valence-corrected chi connectivity index (χ3v) is 1.87. The van der Waals surface area contributed by atoms with Crippen molar-refractivity contribution >= 4 is 0 Å². The van der Waals surface area contributed by atoms with Crippen LogP contribution in [0.1, 0.15) is 17.2 Å². The van der Waals surface area contributed by atoms with E-state index in [-0.39, 0.29) is 11.1 Å². The molecule has 0 aromatic heterocycles. The minimum Gasteiger partial charge on any atom is -0.394 e. The van der Waals surface area contributed by atoms with E-state index in [1.807, 2.05) is 0 Å². The first-order valence-electron chi connectivity index (χ1n) is 3.88. The molecule has 0 aliphatic rings. The first kappa shape index (κ1) is 10.1. The molecule has 1 aromatic rings. The third kappa shape index (κ3) is 2.02. The number of hydrogen-bond donors (Lipinski definition) is 2. The van der Waals surface area contributed by atoms with Crippen LogP contribution in [0.3, 0.4) is 0 Å². The second kappa shape index (κ2) is 3.81. The van der Waals surface area contributed by atoms with Gasteiger partial charge >= 0.3 is 0 Å². The summed E-state index contributed by atoms with van der Waals surface area (Å²) in [5, 5.41) is 8.66. The topological polar surface area (TPSA) is 46.2 Å². The third-order valence-electron chi connectivity index (χ3n) is 1.87. The summed E-state index contributed by atoms with van der Waals surface area (Å²) in [7, 11) is 0. The summed E-state index contributed by atoms with van der Waals surface area (Å²) in [6.45, 7) is 1.06. The Hall–Kier alpha value is -1.00. The number of benzene rings is 1. The molecule has 0 amide bonds. The van der Waals surface area contributed by atoms with E-state index >= 15 is 0 Å². The summed E-state index contributed by atoms with van der Waals surface area (Å²) in [6.07, 6.45) is 0. The number of aliphatic hydroxyl groups excluding tert-OH is 1. The van der Waals surface area contributed by atoms with Crippen LogP contribution >= 0.6 is 0 Å². The van der Waals surface area contributed by atoms with Gasteiger partial charge in [0, 0.05) is 5.56 Å². The maximum Gasteiger partial charge on any atom is 0.128 e. The Morgan fingerprint density at radius 3 is 2.54 bits per heavy atom. The minimum atomic E-state index is -0.866. The second-order valence-corrected chi connectivity index (χ2v) is 2.91. The van der Waals surface area contributed by atoms with Crippen molar-refractivity contribution < 1.29 is 13.9 Å². The highest BCUT2D eigenvalue weighted by atomic mass is 19.1. The van der Waals surface area contributed by atoms with E-state index in [0.717, 1.165) is 12.1 Å². The molecule has 0 saturated heterocycles. The number of aliphatic hydroxyl groups is 1. The van der Waals surface area contributed by atoms with Gasteiger partial charge in [-0.3, -0.25) is 0 Å². The highest BCUT2D eigenvalue weighted by Gasteiger charge is 2.12. The quantitative estimate of drug-likeness (QED) is 0.732. The van der Waals surface area contributed by atoms with Crippen LogP contribution in [0.4, 0.5) is 8.78 Å². The Kier molecular flexibility index (Phi) is 2.95. The molecule has 0 aliphatic heterocycles. The molecule has 3 N–H and O–H groups in total. The molecule has 1 rings (SSSR count). The van der Waals surface area contributed by atoms with Gasteiger partial charge in [-0.2, -0.15) is 0 Å². The molecule has 0 aliphatic carbocycles. The zero-order chi connectivity index (χ0) is 10.0. The Morgan fingerprint density at radius 2 is 2.00 bits per heavy atom. The number of aryl methyl sites for hydroxylation is 1. The summed E-state index contributed by atoms with van der Waals surface area (Å²) >= 11 is 0. The Bertz CT molecular complexity index is 315. The highest BCUT2D eigenvalue weighted by molar-refractivity contribution is 5.27. The lowest BCUT2D eigenvalue weighted by Gasteiger charge is -2.10. The summed E-state index contributed by atoms with van der Waals surface area (Å²) in [6, 6.07) is 1.22. The molecule has 1 atom stereocenters. The average Bonchev–Trinajstić information content (AvgIpc) is 2.10. The van der Waals surface area contributed by atoms with Crippen molar-refractivity contribution in [3.63, 3.8) is 0 Å². The second-order valence-electron chi connectivity index (χ2n) is 2.91. The summed E-state index contributed by atoms with van der Waals surface area (Å²) in [5.74, 6) is -1.10. The first-order valence-corrected chi connectivity index (χ1v) is 3.88. The molecule has 72 valence electrons. The molecule has 0 saturated carbocycles. The van der Waals surface area contributed by atoms with Gasteiger partial charge < -0.3 is 10.8 Å².